The van der Waals surface area contributed by atoms with Crippen LogP contribution in [0, 0.1) is 5.92 Å². The van der Waals surface area contributed by atoms with Crippen molar-refractivity contribution in [3.8, 4) is 0 Å². The Kier molecular flexibility index (Phi) is 4.35. The molecule has 3 nitrogen and oxygen atoms in total. The maximum absolute atomic E-state index is 11.9. The quantitative estimate of drug-likeness (QED) is 0.810. The first-order valence-electron chi connectivity index (χ1n) is 5.03. The van der Waals surface area contributed by atoms with E-state index in [0.717, 1.165) is 0 Å². The molecule has 0 amide bonds. The molecule has 1 heterocycles. The zero-order chi connectivity index (χ0) is 12.2. The number of dihydropyridines is 1. The van der Waals surface area contributed by atoms with Crippen molar-refractivity contribution in [1.82, 2.24) is 0 Å². The van der Waals surface area contributed by atoms with Crippen molar-refractivity contribution in [2.24, 2.45) is 16.6 Å². The van der Waals surface area contributed by atoms with E-state index in [4.69, 9.17) is 5.73 Å². The number of allylic oxidation sites excluding steroid dienone is 1. The van der Waals surface area contributed by atoms with Crippen LogP contribution >= 0.6 is 0 Å². The lowest BCUT2D eigenvalue weighted by Gasteiger charge is -2.18. The predicted octanol–water partition coefficient (Wildman–Crippen LogP) is 1.89. The van der Waals surface area contributed by atoms with Crippen molar-refractivity contribution in [1.29, 1.82) is 0 Å². The van der Waals surface area contributed by atoms with Gasteiger partial charge in [0.05, 0.1) is 6.21 Å². The second kappa shape index (κ2) is 5.34. The lowest BCUT2D eigenvalue weighted by molar-refractivity contribution is -0.163. The molecule has 1 aliphatic heterocycles. The van der Waals surface area contributed by atoms with Gasteiger partial charge in [-0.3, -0.25) is 4.99 Å². The third-order valence-electron chi connectivity index (χ3n) is 2.04. The number of aliphatic imine (C=N–C) groups is 1. The number of ether oxygens (including phenoxy) is 1. The molecule has 6 heteroatoms. The van der Waals surface area contributed by atoms with Gasteiger partial charge < -0.3 is 10.5 Å². The van der Waals surface area contributed by atoms with Gasteiger partial charge in [0, 0.05) is 18.5 Å². The normalized spacial score (nSPS) is 22.8. The van der Waals surface area contributed by atoms with E-state index in [1.165, 1.54) is 6.21 Å². The van der Waals surface area contributed by atoms with Gasteiger partial charge in [-0.1, -0.05) is 0 Å². The minimum Gasteiger partial charge on any atom is -0.483 e. The van der Waals surface area contributed by atoms with Gasteiger partial charge >= 0.3 is 6.18 Å². The highest BCUT2D eigenvalue weighted by molar-refractivity contribution is 5.76. The van der Waals surface area contributed by atoms with Gasteiger partial charge in [0.25, 0.3) is 0 Å². The van der Waals surface area contributed by atoms with Gasteiger partial charge in [0.15, 0.2) is 6.61 Å². The smallest absolute Gasteiger partial charge is 0.422 e. The number of nitrogens with zero attached hydrogens (tertiary/aromatic N) is 1. The summed E-state index contributed by atoms with van der Waals surface area (Å²) in [4.78, 5) is 3.95. The molecule has 92 valence electrons. The summed E-state index contributed by atoms with van der Waals surface area (Å²) in [5, 5.41) is 0. The number of hydrogen-bond acceptors (Lipinski definition) is 3. The number of alkyl halides is 3. The van der Waals surface area contributed by atoms with Crippen LogP contribution in [-0.2, 0) is 4.74 Å². The average molecular weight is 236 g/mol. The minimum absolute atomic E-state index is 0.00147. The van der Waals surface area contributed by atoms with Crippen molar-refractivity contribution >= 4 is 6.21 Å². The summed E-state index contributed by atoms with van der Waals surface area (Å²) in [6.45, 7) is 1.12. The van der Waals surface area contributed by atoms with E-state index in [1.807, 2.05) is 6.92 Å². The molecule has 16 heavy (non-hydrogen) atoms. The fourth-order valence-corrected chi connectivity index (χ4v) is 1.48. The molecular weight excluding hydrogens is 221 g/mol. The molecule has 0 aromatic carbocycles. The van der Waals surface area contributed by atoms with E-state index in [9.17, 15) is 13.2 Å². The van der Waals surface area contributed by atoms with Crippen LogP contribution in [0.15, 0.2) is 16.8 Å². The molecule has 2 unspecified atom stereocenters. The fourth-order valence-electron chi connectivity index (χ4n) is 1.48. The van der Waals surface area contributed by atoms with E-state index in [2.05, 4.69) is 9.73 Å². The summed E-state index contributed by atoms with van der Waals surface area (Å²) in [5.41, 5.74) is 5.61. The third kappa shape index (κ3) is 5.16. The Hall–Kier alpha value is -1.04. The van der Waals surface area contributed by atoms with Gasteiger partial charge in [-0.15, -0.1) is 0 Å². The standard InChI is InChI=1S/C10H15F3N2O/c1-7(14)2-8-3-9(5-15-4-8)16-6-10(11,12)13/h3,5,7-8H,2,4,6,14H2,1H3. The minimum atomic E-state index is -4.32. The molecule has 0 radical (unpaired) electrons. The summed E-state index contributed by atoms with van der Waals surface area (Å²) in [5.74, 6) is 0.238. The third-order valence-corrected chi connectivity index (χ3v) is 2.04. The van der Waals surface area contributed by atoms with Crippen LogP contribution in [-0.4, -0.2) is 31.6 Å². The topological polar surface area (TPSA) is 47.6 Å². The Labute approximate surface area is 92.2 Å². The van der Waals surface area contributed by atoms with Crippen LogP contribution < -0.4 is 5.73 Å². The van der Waals surface area contributed by atoms with Crippen LogP contribution in [0.3, 0.4) is 0 Å². The lowest BCUT2D eigenvalue weighted by atomic mass is 9.99. The Morgan fingerprint density at radius 2 is 2.31 bits per heavy atom. The van der Waals surface area contributed by atoms with Crippen LogP contribution in [0.1, 0.15) is 13.3 Å². The van der Waals surface area contributed by atoms with Gasteiger partial charge in [-0.2, -0.15) is 13.2 Å². The number of halogens is 3. The summed E-state index contributed by atoms with van der Waals surface area (Å²) in [6, 6.07) is -0.00147. The van der Waals surface area contributed by atoms with Crippen LogP contribution in [0.5, 0.6) is 0 Å². The zero-order valence-corrected chi connectivity index (χ0v) is 9.00. The average Bonchev–Trinajstić information content (AvgIpc) is 2.13. The van der Waals surface area contributed by atoms with Gasteiger partial charge in [0.1, 0.15) is 5.76 Å². The van der Waals surface area contributed by atoms with Crippen molar-refractivity contribution in [2.45, 2.75) is 25.6 Å². The van der Waals surface area contributed by atoms with E-state index < -0.39 is 12.8 Å². The molecule has 2 N–H and O–H groups in total. The molecule has 0 bridgehead atoms. The maximum atomic E-state index is 11.9. The summed E-state index contributed by atoms with van der Waals surface area (Å²) in [7, 11) is 0. The van der Waals surface area contributed by atoms with E-state index >= 15 is 0 Å². The molecule has 0 aromatic heterocycles. The van der Waals surface area contributed by atoms with Crippen molar-refractivity contribution in [3.05, 3.63) is 11.8 Å². The Balaban J connectivity index is 2.46. The number of rotatable bonds is 4. The van der Waals surface area contributed by atoms with Gasteiger partial charge in [0.2, 0.25) is 0 Å². The second-order valence-electron chi connectivity index (χ2n) is 3.94. The first-order valence-corrected chi connectivity index (χ1v) is 5.03. The first-order chi connectivity index (χ1) is 7.37. The Morgan fingerprint density at radius 1 is 1.62 bits per heavy atom. The largest absolute Gasteiger partial charge is 0.483 e. The Bertz CT molecular complexity index is 284. The second-order valence-corrected chi connectivity index (χ2v) is 3.94. The highest BCUT2D eigenvalue weighted by Crippen LogP contribution is 2.19. The molecule has 0 aromatic rings. The molecule has 1 rings (SSSR count). The molecule has 0 spiro atoms. The lowest BCUT2D eigenvalue weighted by Crippen LogP contribution is -2.23. The van der Waals surface area contributed by atoms with Crippen molar-refractivity contribution < 1.29 is 17.9 Å². The van der Waals surface area contributed by atoms with E-state index in [-0.39, 0.29) is 17.7 Å². The van der Waals surface area contributed by atoms with Gasteiger partial charge in [-0.05, 0) is 19.4 Å². The highest BCUT2D eigenvalue weighted by Gasteiger charge is 2.29. The molecule has 0 saturated heterocycles. The summed E-state index contributed by atoms with van der Waals surface area (Å²) < 4.78 is 40.3. The highest BCUT2D eigenvalue weighted by atomic mass is 19.4. The van der Waals surface area contributed by atoms with Gasteiger partial charge in [-0.25, -0.2) is 0 Å². The number of nitrogens with two attached hydrogens (primary N) is 1. The van der Waals surface area contributed by atoms with E-state index in [1.54, 1.807) is 6.08 Å². The molecule has 0 fully saturated rings. The first kappa shape index (κ1) is 13.0. The van der Waals surface area contributed by atoms with Crippen LogP contribution in [0.4, 0.5) is 13.2 Å². The molecule has 1 aliphatic rings. The van der Waals surface area contributed by atoms with Crippen LogP contribution in [0.2, 0.25) is 0 Å². The Morgan fingerprint density at radius 3 is 2.88 bits per heavy atom. The van der Waals surface area contributed by atoms with Crippen molar-refractivity contribution in [3.63, 3.8) is 0 Å². The molecule has 0 aliphatic carbocycles. The monoisotopic (exact) mass is 236 g/mol. The van der Waals surface area contributed by atoms with E-state index in [0.29, 0.717) is 13.0 Å². The fraction of sp³-hybridized carbons (Fsp3) is 0.700. The number of hydrogen-bond donors (Lipinski definition) is 1. The predicted molar refractivity (Wildman–Crippen MR) is 55.2 cm³/mol. The summed E-state index contributed by atoms with van der Waals surface area (Å²) in [6.07, 6.45) is -0.648. The maximum Gasteiger partial charge on any atom is 0.422 e. The molecule has 2 atom stereocenters. The van der Waals surface area contributed by atoms with Crippen molar-refractivity contribution in [2.75, 3.05) is 13.2 Å². The molecular formula is C10H15F3N2O. The SMILES string of the molecule is CC(N)CC1C=C(OCC(F)(F)F)C=NC1. The zero-order valence-electron chi connectivity index (χ0n) is 9.00. The molecule has 0 saturated carbocycles. The summed E-state index contributed by atoms with van der Waals surface area (Å²) >= 11 is 0. The van der Waals surface area contributed by atoms with Crippen LogP contribution in [0.25, 0.3) is 0 Å².